The molecule has 358 valence electrons. The second kappa shape index (κ2) is 40.9. The number of aliphatic hydroxyl groups excluding tert-OH is 5. The highest BCUT2D eigenvalue weighted by atomic mass is 16.7. The molecule has 0 aliphatic carbocycles. The van der Waals surface area contributed by atoms with Crippen molar-refractivity contribution in [2.24, 2.45) is 5.73 Å². The van der Waals surface area contributed by atoms with E-state index in [1.54, 1.807) is 0 Å². The molecule has 0 radical (unpaired) electrons. The first-order valence-corrected chi connectivity index (χ1v) is 25.9. The van der Waals surface area contributed by atoms with Gasteiger partial charge in [0.1, 0.15) is 24.4 Å². The Balaban J connectivity index is 2.26. The van der Waals surface area contributed by atoms with Crippen LogP contribution in [0.4, 0.5) is 0 Å². The van der Waals surface area contributed by atoms with Gasteiger partial charge in [-0.1, -0.05) is 232 Å². The zero-order valence-corrected chi connectivity index (χ0v) is 39.2. The summed E-state index contributed by atoms with van der Waals surface area (Å²) < 4.78 is 11.3. The van der Waals surface area contributed by atoms with Gasteiger partial charge in [-0.15, -0.1) is 0 Å². The molecule has 1 fully saturated rings. The summed E-state index contributed by atoms with van der Waals surface area (Å²) in [5.74, 6) is -0.197. The minimum absolute atomic E-state index is 0.197. The molecule has 0 aromatic rings. The van der Waals surface area contributed by atoms with Crippen molar-refractivity contribution in [1.82, 2.24) is 5.32 Å². The largest absolute Gasteiger partial charge is 0.394 e. The molecule has 0 unspecified atom stereocenters. The molecule has 1 aliphatic heterocycles. The smallest absolute Gasteiger partial charge is 0.220 e. The van der Waals surface area contributed by atoms with Crippen LogP contribution in [-0.2, 0) is 14.3 Å². The van der Waals surface area contributed by atoms with E-state index in [2.05, 4.69) is 19.2 Å². The lowest BCUT2D eigenvalue weighted by atomic mass is 9.97. The Hall–Kier alpha value is -0.850. The van der Waals surface area contributed by atoms with Crippen LogP contribution in [0, 0.1) is 0 Å². The summed E-state index contributed by atoms with van der Waals surface area (Å²) in [7, 11) is 0. The minimum atomic E-state index is -1.58. The highest BCUT2D eigenvalue weighted by Gasteiger charge is 2.44. The predicted octanol–water partition coefficient (Wildman–Crippen LogP) is 10.4. The van der Waals surface area contributed by atoms with Crippen LogP contribution in [0.15, 0.2) is 0 Å². The zero-order chi connectivity index (χ0) is 43.9. The summed E-state index contributed by atoms with van der Waals surface area (Å²) in [6.07, 6.45) is 37.8. The lowest BCUT2D eigenvalue weighted by Gasteiger charge is -2.40. The number of amides is 1. The van der Waals surface area contributed by atoms with Crippen molar-refractivity contribution in [2.75, 3.05) is 13.2 Å². The number of carbonyl (C=O) groups is 1. The molecule has 10 heteroatoms. The molecule has 1 rings (SSSR count). The van der Waals surface area contributed by atoms with E-state index >= 15 is 0 Å². The molecule has 60 heavy (non-hydrogen) atoms. The third-order valence-corrected chi connectivity index (χ3v) is 12.9. The van der Waals surface area contributed by atoms with E-state index in [-0.39, 0.29) is 12.5 Å². The Kier molecular flexibility index (Phi) is 39.0. The highest BCUT2D eigenvalue weighted by Crippen LogP contribution is 2.23. The average Bonchev–Trinajstić information content (AvgIpc) is 3.25. The van der Waals surface area contributed by atoms with Crippen LogP contribution in [-0.4, -0.2) is 93.5 Å². The summed E-state index contributed by atoms with van der Waals surface area (Å²) in [6, 6.07) is -1.45. The SMILES string of the molecule is CCCCCCCCCCCCCCCCCCCCCCCCCC(=O)N[C@@H](CO[C@H]1O[C@H](CO)[C@H](O)[C@H](O)[C@H]1O)[C@H](O)[C@H](N)CCCCCCCCCCCCCC. The van der Waals surface area contributed by atoms with Crippen molar-refractivity contribution in [3.05, 3.63) is 0 Å². The number of carbonyl (C=O) groups excluding carboxylic acids is 1. The number of ether oxygens (including phenoxy) is 2. The monoisotopic (exact) mass is 857 g/mol. The summed E-state index contributed by atoms with van der Waals surface area (Å²) in [5.41, 5.74) is 6.46. The molecule has 1 aliphatic rings. The van der Waals surface area contributed by atoms with Crippen molar-refractivity contribution in [1.29, 1.82) is 0 Å². The van der Waals surface area contributed by atoms with Crippen molar-refractivity contribution < 1.29 is 39.8 Å². The van der Waals surface area contributed by atoms with Gasteiger partial charge in [0, 0.05) is 12.5 Å². The molecule has 0 saturated carbocycles. The van der Waals surface area contributed by atoms with Crippen LogP contribution < -0.4 is 11.1 Å². The standard InChI is InChI=1S/C50H100N2O8/c1-3-5-7-9-11-13-15-17-18-19-20-21-22-23-24-25-26-27-29-31-33-35-37-39-45(54)52-43(41-59-50-49(58)48(57)47(56)44(40-53)60-50)46(55)42(51)38-36-34-32-30-28-16-14-12-10-8-6-4-2/h42-44,46-50,53,55-58H,3-41,51H2,1-2H3,(H,52,54)/t42-,43+,44-,46-,47+,48+,49-,50+/m1/s1. The van der Waals surface area contributed by atoms with E-state index in [1.807, 2.05) is 0 Å². The average molecular weight is 857 g/mol. The molecular formula is C50H100N2O8. The molecule has 0 aromatic carbocycles. The van der Waals surface area contributed by atoms with Gasteiger partial charge < -0.3 is 46.1 Å². The number of unbranched alkanes of at least 4 members (excludes halogenated alkanes) is 33. The summed E-state index contributed by atoms with van der Waals surface area (Å²) in [6.45, 7) is 3.74. The van der Waals surface area contributed by atoms with Crippen LogP contribution >= 0.6 is 0 Å². The molecular weight excluding hydrogens is 757 g/mol. The lowest BCUT2D eigenvalue weighted by Crippen LogP contribution is -2.60. The summed E-state index contributed by atoms with van der Waals surface area (Å²) in [5, 5.41) is 54.6. The Morgan fingerprint density at radius 2 is 0.900 bits per heavy atom. The van der Waals surface area contributed by atoms with Gasteiger partial charge in [0.25, 0.3) is 0 Å². The molecule has 1 heterocycles. The third-order valence-electron chi connectivity index (χ3n) is 12.9. The van der Waals surface area contributed by atoms with Crippen LogP contribution in [0.25, 0.3) is 0 Å². The molecule has 0 spiro atoms. The summed E-state index contributed by atoms with van der Waals surface area (Å²) >= 11 is 0. The second-order valence-corrected chi connectivity index (χ2v) is 18.6. The number of hydrogen-bond acceptors (Lipinski definition) is 9. The fourth-order valence-corrected chi connectivity index (χ4v) is 8.67. The number of aliphatic hydroxyl groups is 5. The Morgan fingerprint density at radius 3 is 1.27 bits per heavy atom. The Morgan fingerprint density at radius 1 is 0.550 bits per heavy atom. The fourth-order valence-electron chi connectivity index (χ4n) is 8.67. The fraction of sp³-hybridized carbons (Fsp3) is 0.980. The van der Waals surface area contributed by atoms with E-state index in [9.17, 15) is 30.3 Å². The number of hydrogen-bond donors (Lipinski definition) is 7. The zero-order valence-electron chi connectivity index (χ0n) is 39.2. The third kappa shape index (κ3) is 30.3. The van der Waals surface area contributed by atoms with Gasteiger partial charge in [-0.05, 0) is 12.8 Å². The van der Waals surface area contributed by atoms with Crippen molar-refractivity contribution >= 4 is 5.91 Å². The predicted molar refractivity (Wildman–Crippen MR) is 248 cm³/mol. The molecule has 10 nitrogen and oxygen atoms in total. The molecule has 1 amide bonds. The molecule has 0 aromatic heterocycles. The van der Waals surface area contributed by atoms with E-state index in [4.69, 9.17) is 15.2 Å². The number of nitrogens with two attached hydrogens (primary N) is 1. The van der Waals surface area contributed by atoms with Crippen molar-refractivity contribution in [3.63, 3.8) is 0 Å². The van der Waals surface area contributed by atoms with Gasteiger partial charge in [0.15, 0.2) is 6.29 Å². The van der Waals surface area contributed by atoms with Gasteiger partial charge in [0.05, 0.1) is 25.4 Å². The van der Waals surface area contributed by atoms with Gasteiger partial charge in [-0.3, -0.25) is 4.79 Å². The van der Waals surface area contributed by atoms with E-state index in [1.165, 1.54) is 186 Å². The molecule has 8 N–H and O–H groups in total. The normalized spacial score (nSPS) is 21.0. The highest BCUT2D eigenvalue weighted by molar-refractivity contribution is 5.76. The number of nitrogens with one attached hydrogen (secondary N) is 1. The van der Waals surface area contributed by atoms with Gasteiger partial charge in [-0.25, -0.2) is 0 Å². The van der Waals surface area contributed by atoms with Gasteiger partial charge in [0.2, 0.25) is 5.91 Å². The first kappa shape index (κ1) is 57.2. The lowest BCUT2D eigenvalue weighted by molar-refractivity contribution is -0.302. The van der Waals surface area contributed by atoms with Gasteiger partial charge in [-0.2, -0.15) is 0 Å². The maximum absolute atomic E-state index is 13.1. The van der Waals surface area contributed by atoms with Crippen LogP contribution in [0.1, 0.15) is 251 Å². The van der Waals surface area contributed by atoms with Crippen LogP contribution in [0.5, 0.6) is 0 Å². The second-order valence-electron chi connectivity index (χ2n) is 18.6. The first-order chi connectivity index (χ1) is 29.3. The maximum atomic E-state index is 13.1. The van der Waals surface area contributed by atoms with Crippen LogP contribution in [0.3, 0.4) is 0 Å². The van der Waals surface area contributed by atoms with E-state index < -0.39 is 55.5 Å². The Labute approximate surface area is 369 Å². The minimum Gasteiger partial charge on any atom is -0.394 e. The Bertz CT molecular complexity index is 929. The first-order valence-electron chi connectivity index (χ1n) is 25.9. The van der Waals surface area contributed by atoms with E-state index in [0.717, 1.165) is 38.5 Å². The van der Waals surface area contributed by atoms with Crippen molar-refractivity contribution in [2.45, 2.75) is 300 Å². The molecule has 0 bridgehead atoms. The van der Waals surface area contributed by atoms with Crippen molar-refractivity contribution in [3.8, 4) is 0 Å². The number of rotatable bonds is 44. The molecule has 8 atom stereocenters. The van der Waals surface area contributed by atoms with Gasteiger partial charge >= 0.3 is 0 Å². The maximum Gasteiger partial charge on any atom is 0.220 e. The van der Waals surface area contributed by atoms with Crippen LogP contribution in [0.2, 0.25) is 0 Å². The topological polar surface area (TPSA) is 175 Å². The quantitative estimate of drug-likeness (QED) is 0.0294. The van der Waals surface area contributed by atoms with E-state index in [0.29, 0.717) is 12.8 Å². The molecule has 1 saturated heterocycles. The summed E-state index contributed by atoms with van der Waals surface area (Å²) in [4.78, 5) is 13.1.